The Hall–Kier alpha value is -1.89. The van der Waals surface area contributed by atoms with Gasteiger partial charge in [-0.25, -0.2) is 9.78 Å². The third-order valence-corrected chi connectivity index (χ3v) is 3.00. The van der Waals surface area contributed by atoms with Crippen LogP contribution in [0.4, 0.5) is 0 Å². The van der Waals surface area contributed by atoms with Gasteiger partial charge < -0.3 is 9.84 Å². The summed E-state index contributed by atoms with van der Waals surface area (Å²) in [5.74, 6) is -1.29. The maximum atomic E-state index is 12.0. The van der Waals surface area contributed by atoms with Gasteiger partial charge in [-0.3, -0.25) is 9.36 Å². The Morgan fingerprint density at radius 3 is 2.78 bits per heavy atom. The molecule has 0 atom stereocenters. The number of hydrogen-bond donors (Lipinski definition) is 1. The molecular weight excluding hydrogens is 304 g/mol. The third kappa shape index (κ3) is 1.76. The minimum Gasteiger partial charge on any atom is -0.506 e. The largest absolute Gasteiger partial charge is 0.506 e. The first-order chi connectivity index (χ1) is 8.47. The van der Waals surface area contributed by atoms with Crippen LogP contribution in [0.1, 0.15) is 10.4 Å². The summed E-state index contributed by atoms with van der Waals surface area (Å²) in [5.41, 5.74) is -0.770. The van der Waals surface area contributed by atoms with Crippen molar-refractivity contribution < 1.29 is 14.6 Å². The number of esters is 1. The number of carbonyl (C=O) groups is 1. The predicted octanol–water partition coefficient (Wildman–Crippen LogP) is 1.19. The number of aromatic nitrogens is 2. The molecule has 94 valence electrons. The third-order valence-electron chi connectivity index (χ3n) is 2.56. The summed E-state index contributed by atoms with van der Waals surface area (Å²) in [6.07, 6.45) is 0. The van der Waals surface area contributed by atoms with Crippen LogP contribution < -0.4 is 5.56 Å². The maximum absolute atomic E-state index is 12.0. The molecule has 2 aromatic rings. The van der Waals surface area contributed by atoms with Crippen LogP contribution in [0, 0.1) is 0 Å². The Bertz CT molecular complexity index is 708. The normalized spacial score (nSPS) is 10.6. The van der Waals surface area contributed by atoms with E-state index in [-0.39, 0.29) is 5.65 Å². The number of ether oxygens (including phenoxy) is 1. The molecule has 0 saturated heterocycles. The molecule has 0 fully saturated rings. The SMILES string of the molecule is COC(=O)c1c(O)c2ccc(Br)nc2n(C)c1=O. The van der Waals surface area contributed by atoms with E-state index >= 15 is 0 Å². The summed E-state index contributed by atoms with van der Waals surface area (Å²) in [4.78, 5) is 27.5. The summed E-state index contributed by atoms with van der Waals surface area (Å²) >= 11 is 3.18. The first-order valence-electron chi connectivity index (χ1n) is 4.94. The molecule has 2 heterocycles. The molecule has 0 amide bonds. The van der Waals surface area contributed by atoms with Crippen LogP contribution in [0.25, 0.3) is 11.0 Å². The van der Waals surface area contributed by atoms with E-state index in [9.17, 15) is 14.7 Å². The van der Waals surface area contributed by atoms with E-state index < -0.39 is 22.8 Å². The number of aryl methyl sites for hydroxylation is 1. The fourth-order valence-corrected chi connectivity index (χ4v) is 1.95. The average Bonchev–Trinajstić information content (AvgIpc) is 2.35. The minimum absolute atomic E-state index is 0.277. The molecule has 0 unspecified atom stereocenters. The molecule has 18 heavy (non-hydrogen) atoms. The molecule has 2 aromatic heterocycles. The smallest absolute Gasteiger partial charge is 0.347 e. The molecule has 7 heteroatoms. The van der Waals surface area contributed by atoms with Crippen molar-refractivity contribution in [2.75, 3.05) is 7.11 Å². The van der Waals surface area contributed by atoms with Crippen molar-refractivity contribution in [3.05, 3.63) is 32.7 Å². The highest BCUT2D eigenvalue weighted by Crippen LogP contribution is 2.26. The van der Waals surface area contributed by atoms with E-state index in [2.05, 4.69) is 25.7 Å². The van der Waals surface area contributed by atoms with E-state index in [0.29, 0.717) is 9.99 Å². The quantitative estimate of drug-likeness (QED) is 0.632. The summed E-state index contributed by atoms with van der Waals surface area (Å²) in [5, 5.41) is 10.3. The lowest BCUT2D eigenvalue weighted by Gasteiger charge is -2.09. The number of fused-ring (bicyclic) bond motifs is 1. The molecule has 1 N–H and O–H groups in total. The summed E-state index contributed by atoms with van der Waals surface area (Å²) in [6, 6.07) is 3.17. The molecule has 0 aromatic carbocycles. The van der Waals surface area contributed by atoms with Gasteiger partial charge in [-0.2, -0.15) is 0 Å². The monoisotopic (exact) mass is 312 g/mol. The number of hydrogen-bond acceptors (Lipinski definition) is 5. The Morgan fingerprint density at radius 2 is 2.17 bits per heavy atom. The lowest BCUT2D eigenvalue weighted by Crippen LogP contribution is -2.26. The van der Waals surface area contributed by atoms with E-state index in [1.54, 1.807) is 12.1 Å². The van der Waals surface area contributed by atoms with Crippen molar-refractivity contribution in [1.29, 1.82) is 0 Å². The van der Waals surface area contributed by atoms with Crippen LogP contribution in [-0.2, 0) is 11.8 Å². The van der Waals surface area contributed by atoms with Gasteiger partial charge in [0.1, 0.15) is 16.0 Å². The molecule has 6 nitrogen and oxygen atoms in total. The zero-order chi connectivity index (χ0) is 13.4. The highest BCUT2D eigenvalue weighted by molar-refractivity contribution is 9.10. The standard InChI is InChI=1S/C11H9BrN2O4/c1-14-9-5(3-4-6(12)13-9)8(15)7(10(14)16)11(17)18-2/h3-4,15H,1-2H3. The molecular formula is C11H9BrN2O4. The number of pyridine rings is 2. The van der Waals surface area contributed by atoms with Gasteiger partial charge in [0, 0.05) is 7.05 Å². The van der Waals surface area contributed by atoms with Crippen LogP contribution in [0.2, 0.25) is 0 Å². The zero-order valence-electron chi connectivity index (χ0n) is 9.60. The van der Waals surface area contributed by atoms with Crippen molar-refractivity contribution >= 4 is 32.9 Å². The predicted molar refractivity (Wildman–Crippen MR) is 67.7 cm³/mol. The van der Waals surface area contributed by atoms with Crippen molar-refractivity contribution in [1.82, 2.24) is 9.55 Å². The molecule has 0 radical (unpaired) electrons. The number of halogens is 1. The molecule has 0 aliphatic carbocycles. The lowest BCUT2D eigenvalue weighted by molar-refractivity contribution is 0.0595. The molecule has 2 rings (SSSR count). The molecule has 0 aliphatic rings. The Kier molecular flexibility index (Phi) is 3.08. The van der Waals surface area contributed by atoms with E-state index in [1.165, 1.54) is 11.6 Å². The van der Waals surface area contributed by atoms with Crippen molar-refractivity contribution in [2.45, 2.75) is 0 Å². The Balaban J connectivity index is 2.97. The topological polar surface area (TPSA) is 81.4 Å². The van der Waals surface area contributed by atoms with Crippen LogP contribution in [0.5, 0.6) is 5.75 Å². The second-order valence-corrected chi connectivity index (χ2v) is 4.40. The van der Waals surface area contributed by atoms with Crippen LogP contribution in [0.3, 0.4) is 0 Å². The fraction of sp³-hybridized carbons (Fsp3) is 0.182. The number of carbonyl (C=O) groups excluding carboxylic acids is 1. The molecule has 0 aliphatic heterocycles. The van der Waals surface area contributed by atoms with E-state index in [4.69, 9.17) is 0 Å². The minimum atomic E-state index is -0.877. The second kappa shape index (κ2) is 4.41. The highest BCUT2D eigenvalue weighted by atomic mass is 79.9. The summed E-state index contributed by atoms with van der Waals surface area (Å²) in [7, 11) is 2.61. The van der Waals surface area contributed by atoms with Gasteiger partial charge in [-0.05, 0) is 28.1 Å². The van der Waals surface area contributed by atoms with Crippen molar-refractivity contribution in [3.63, 3.8) is 0 Å². The van der Waals surface area contributed by atoms with Crippen LogP contribution in [-0.4, -0.2) is 27.7 Å². The maximum Gasteiger partial charge on any atom is 0.347 e. The highest BCUT2D eigenvalue weighted by Gasteiger charge is 2.22. The van der Waals surface area contributed by atoms with Gasteiger partial charge in [0.05, 0.1) is 12.5 Å². The molecule has 0 spiro atoms. The number of rotatable bonds is 1. The van der Waals surface area contributed by atoms with Gasteiger partial charge in [0.25, 0.3) is 5.56 Å². The van der Waals surface area contributed by atoms with E-state index in [1.807, 2.05) is 0 Å². The Morgan fingerprint density at radius 1 is 1.50 bits per heavy atom. The lowest BCUT2D eigenvalue weighted by atomic mass is 10.1. The summed E-state index contributed by atoms with van der Waals surface area (Å²) in [6.45, 7) is 0. The second-order valence-electron chi connectivity index (χ2n) is 3.58. The van der Waals surface area contributed by atoms with Gasteiger partial charge >= 0.3 is 5.97 Å². The van der Waals surface area contributed by atoms with Gasteiger partial charge in [-0.15, -0.1) is 0 Å². The van der Waals surface area contributed by atoms with Gasteiger partial charge in [-0.1, -0.05) is 0 Å². The van der Waals surface area contributed by atoms with Crippen molar-refractivity contribution in [3.8, 4) is 5.75 Å². The van der Waals surface area contributed by atoms with Gasteiger partial charge in [0.15, 0.2) is 5.56 Å². The summed E-state index contributed by atoms with van der Waals surface area (Å²) < 4.78 is 6.19. The fourth-order valence-electron chi connectivity index (χ4n) is 1.65. The van der Waals surface area contributed by atoms with Gasteiger partial charge in [0.2, 0.25) is 0 Å². The number of aromatic hydroxyl groups is 1. The first-order valence-corrected chi connectivity index (χ1v) is 5.73. The number of methoxy groups -OCH3 is 1. The van der Waals surface area contributed by atoms with Crippen LogP contribution >= 0.6 is 15.9 Å². The zero-order valence-corrected chi connectivity index (χ0v) is 11.2. The first kappa shape index (κ1) is 12.6. The Labute approximate surface area is 110 Å². The molecule has 0 saturated carbocycles. The molecule has 0 bridgehead atoms. The van der Waals surface area contributed by atoms with Crippen molar-refractivity contribution in [2.24, 2.45) is 7.05 Å². The van der Waals surface area contributed by atoms with E-state index in [0.717, 1.165) is 7.11 Å². The van der Waals surface area contributed by atoms with Crippen LogP contribution in [0.15, 0.2) is 21.5 Å². The average molecular weight is 313 g/mol. The number of nitrogens with zero attached hydrogens (tertiary/aromatic N) is 2.